The fourth-order valence-electron chi connectivity index (χ4n) is 4.76. The number of nitrogens with zero attached hydrogens (tertiary/aromatic N) is 3. The van der Waals surface area contributed by atoms with Gasteiger partial charge in [0.15, 0.2) is 0 Å². The number of rotatable bonds is 18. The molecular formula is C27H63Cl6N3O3. The van der Waals surface area contributed by atoms with E-state index < -0.39 is 0 Å². The molecule has 0 heterocycles. The van der Waals surface area contributed by atoms with E-state index in [1.807, 2.05) is 21.1 Å². The first-order chi connectivity index (χ1) is 16.7. The number of likely N-dealkylation sites (N-methyl/N-ethyl adjacent to an activating group) is 2. The lowest BCUT2D eigenvalue weighted by molar-refractivity contribution is -0.930. The molecule has 3 atom stereocenters. The Morgan fingerprint density at radius 1 is 0.487 bits per heavy atom. The van der Waals surface area contributed by atoms with Gasteiger partial charge in [0.05, 0.1) is 78.1 Å². The van der Waals surface area contributed by atoms with Gasteiger partial charge in [0.1, 0.15) is 37.9 Å². The van der Waals surface area contributed by atoms with Crippen LogP contribution in [0.1, 0.15) is 60.8 Å². The normalized spacial score (nSPS) is 13.6. The first kappa shape index (κ1) is 53.1. The zero-order valence-electron chi connectivity index (χ0n) is 26.3. The van der Waals surface area contributed by atoms with Gasteiger partial charge in [-0.15, -0.1) is 34.8 Å². The first-order valence-corrected chi connectivity index (χ1v) is 15.6. The molecule has 0 aromatic carbocycles. The smallest absolute Gasteiger partial charge is 0.116 e. The minimum absolute atomic E-state index is 0. The van der Waals surface area contributed by atoms with Gasteiger partial charge in [-0.1, -0.05) is 20.8 Å². The summed E-state index contributed by atoms with van der Waals surface area (Å²) in [6, 6.07) is 0. The van der Waals surface area contributed by atoms with Crippen molar-refractivity contribution in [3.8, 4) is 0 Å². The molecule has 3 N–H and O–H groups in total. The molecule has 0 aliphatic rings. The number of hydrogen-bond acceptors (Lipinski definition) is 3. The monoisotopic (exact) mass is 687 g/mol. The zero-order chi connectivity index (χ0) is 28.8. The third-order valence-corrected chi connectivity index (χ3v) is 7.66. The molecule has 0 rings (SSSR count). The number of halogens is 6. The van der Waals surface area contributed by atoms with E-state index in [1.165, 1.54) is 19.3 Å². The fourth-order valence-corrected chi connectivity index (χ4v) is 5.06. The highest BCUT2D eigenvalue weighted by atomic mass is 35.5. The van der Waals surface area contributed by atoms with Crippen molar-refractivity contribution in [2.75, 3.05) is 97.7 Å². The van der Waals surface area contributed by atoms with E-state index in [9.17, 15) is 10.2 Å². The molecule has 0 saturated carbocycles. The van der Waals surface area contributed by atoms with Crippen LogP contribution in [0.2, 0.25) is 0 Å². The molecular weight excluding hydrogens is 627 g/mol. The minimum Gasteiger partial charge on any atom is -1.00 e. The summed E-state index contributed by atoms with van der Waals surface area (Å²) in [7, 11) is 6.07. The molecule has 0 spiro atoms. The second-order valence-electron chi connectivity index (χ2n) is 11.1. The third-order valence-electron chi connectivity index (χ3n) is 6.60. The summed E-state index contributed by atoms with van der Waals surface area (Å²) in [4.78, 5) is 0. The predicted octanol–water partition coefficient (Wildman–Crippen LogP) is -4.60. The van der Waals surface area contributed by atoms with E-state index in [0.29, 0.717) is 24.2 Å². The molecule has 0 aliphatic heterocycles. The Labute approximate surface area is 276 Å². The van der Waals surface area contributed by atoms with Crippen LogP contribution in [0.3, 0.4) is 0 Å². The van der Waals surface area contributed by atoms with Crippen LogP contribution >= 0.6 is 34.8 Å². The second-order valence-corrected chi connectivity index (χ2v) is 12.0. The molecule has 6 nitrogen and oxygen atoms in total. The summed E-state index contributed by atoms with van der Waals surface area (Å²) in [5.74, 6) is 1.03. The van der Waals surface area contributed by atoms with Crippen LogP contribution < -0.4 is 37.2 Å². The molecule has 0 aromatic heterocycles. The molecule has 0 aliphatic carbocycles. The molecule has 0 fully saturated rings. The van der Waals surface area contributed by atoms with Crippen LogP contribution in [0.25, 0.3) is 0 Å². The van der Waals surface area contributed by atoms with Crippen LogP contribution in [0, 0.1) is 0 Å². The van der Waals surface area contributed by atoms with Crippen molar-refractivity contribution in [1.29, 1.82) is 0 Å². The highest BCUT2D eigenvalue weighted by Crippen LogP contribution is 2.13. The SMILES string of the molecule is CCC[N+](CCC)(CCC)CC(O)CCl.CC[N+](CC)(CC)CC(O)CCl.C[N+](C)(C)CC(O)CCl.[Cl-].[Cl-].[Cl-]. The lowest BCUT2D eigenvalue weighted by Gasteiger charge is -2.39. The lowest BCUT2D eigenvalue weighted by Crippen LogP contribution is -3.00. The topological polar surface area (TPSA) is 60.7 Å². The van der Waals surface area contributed by atoms with Crippen molar-refractivity contribution < 1.29 is 66.0 Å². The van der Waals surface area contributed by atoms with Crippen LogP contribution in [0.15, 0.2) is 0 Å². The summed E-state index contributed by atoms with van der Waals surface area (Å²) < 4.78 is 2.76. The lowest BCUT2D eigenvalue weighted by atomic mass is 10.2. The molecule has 246 valence electrons. The average Bonchev–Trinajstić information content (AvgIpc) is 2.82. The Balaban J connectivity index is -0.000000104. The summed E-state index contributed by atoms with van der Waals surface area (Å²) in [6.07, 6.45) is 2.45. The van der Waals surface area contributed by atoms with Gasteiger partial charge in [0.2, 0.25) is 0 Å². The van der Waals surface area contributed by atoms with Gasteiger partial charge in [-0.25, -0.2) is 0 Å². The average molecular weight is 691 g/mol. The molecule has 0 saturated heterocycles. The largest absolute Gasteiger partial charge is 1.00 e. The molecule has 12 heteroatoms. The fraction of sp³-hybridized carbons (Fsp3) is 1.00. The Kier molecular flexibility index (Phi) is 42.1. The number of aliphatic hydroxyl groups is 3. The van der Waals surface area contributed by atoms with Gasteiger partial charge < -0.3 is 66.0 Å². The quantitative estimate of drug-likeness (QED) is 0.100. The third kappa shape index (κ3) is 29.4. The van der Waals surface area contributed by atoms with Crippen LogP contribution in [0.5, 0.6) is 0 Å². The van der Waals surface area contributed by atoms with E-state index in [1.54, 1.807) is 0 Å². The summed E-state index contributed by atoms with van der Waals surface area (Å²) in [5.41, 5.74) is 0. The first-order valence-electron chi connectivity index (χ1n) is 14.0. The van der Waals surface area contributed by atoms with Crippen molar-refractivity contribution in [2.24, 2.45) is 0 Å². The molecule has 0 amide bonds. The van der Waals surface area contributed by atoms with Crippen molar-refractivity contribution in [1.82, 2.24) is 0 Å². The summed E-state index contributed by atoms with van der Waals surface area (Å²) in [6.45, 7) is 22.1. The Morgan fingerprint density at radius 3 is 0.923 bits per heavy atom. The number of hydrogen-bond donors (Lipinski definition) is 3. The van der Waals surface area contributed by atoms with Gasteiger partial charge >= 0.3 is 0 Å². The number of quaternary nitrogens is 3. The highest BCUT2D eigenvalue weighted by Gasteiger charge is 2.27. The van der Waals surface area contributed by atoms with Gasteiger partial charge in [-0.05, 0) is 40.0 Å². The van der Waals surface area contributed by atoms with Crippen molar-refractivity contribution in [3.63, 3.8) is 0 Å². The van der Waals surface area contributed by atoms with E-state index in [0.717, 1.165) is 65.8 Å². The summed E-state index contributed by atoms with van der Waals surface area (Å²) >= 11 is 16.7. The van der Waals surface area contributed by atoms with Gasteiger partial charge in [0.25, 0.3) is 0 Å². The highest BCUT2D eigenvalue weighted by molar-refractivity contribution is 6.18. The summed E-state index contributed by atoms with van der Waals surface area (Å²) in [5, 5.41) is 28.2. The zero-order valence-corrected chi connectivity index (χ0v) is 30.8. The van der Waals surface area contributed by atoms with E-state index in [-0.39, 0.29) is 55.5 Å². The molecule has 3 unspecified atom stereocenters. The molecule has 0 bridgehead atoms. The second kappa shape index (κ2) is 30.9. The van der Waals surface area contributed by atoms with Crippen molar-refractivity contribution >= 4 is 34.8 Å². The maximum absolute atomic E-state index is 9.73. The van der Waals surface area contributed by atoms with Crippen LogP contribution in [-0.4, -0.2) is 145 Å². The maximum Gasteiger partial charge on any atom is 0.116 e. The van der Waals surface area contributed by atoms with Gasteiger partial charge in [-0.2, -0.15) is 0 Å². The molecule has 0 radical (unpaired) electrons. The standard InChI is InChI=1S/C12H27ClNO.C9H21ClNO.C6H15ClNO.3ClH/c1-4-7-14(8-5-2,9-6-3)11-12(15)10-13;1-4-11(5-2,6-3)8-9(12)7-10;1-8(2,3)5-6(9)4-7;;;/h12,15H,4-11H2,1-3H3;9,12H,4-8H2,1-3H3;6,9H,4-5H2,1-3H3;3*1H/q3*+1;;;/p-3. The van der Waals surface area contributed by atoms with E-state index in [4.69, 9.17) is 39.9 Å². The van der Waals surface area contributed by atoms with Crippen molar-refractivity contribution in [3.05, 3.63) is 0 Å². The van der Waals surface area contributed by atoms with Gasteiger partial charge in [0, 0.05) is 0 Å². The van der Waals surface area contributed by atoms with Crippen LogP contribution in [0.4, 0.5) is 0 Å². The van der Waals surface area contributed by atoms with Gasteiger partial charge in [-0.3, -0.25) is 0 Å². The van der Waals surface area contributed by atoms with Crippen LogP contribution in [-0.2, 0) is 0 Å². The van der Waals surface area contributed by atoms with E-state index in [2.05, 4.69) is 41.5 Å². The Bertz CT molecular complexity index is 463. The Hall–Kier alpha value is 1.50. The minimum atomic E-state index is -0.369. The number of aliphatic hydroxyl groups excluding tert-OH is 3. The van der Waals surface area contributed by atoms with Crippen molar-refractivity contribution in [2.45, 2.75) is 79.1 Å². The van der Waals surface area contributed by atoms with E-state index >= 15 is 0 Å². The predicted molar refractivity (Wildman–Crippen MR) is 160 cm³/mol. The number of alkyl halides is 3. The molecule has 39 heavy (non-hydrogen) atoms. The Morgan fingerprint density at radius 2 is 0.744 bits per heavy atom. The maximum atomic E-state index is 9.73. The molecule has 0 aromatic rings.